The second-order valence-corrected chi connectivity index (χ2v) is 7.81. The highest BCUT2D eigenvalue weighted by molar-refractivity contribution is 5.77. The second kappa shape index (κ2) is 16.0. The number of carbonyl (C=O) groups excluding carboxylic acids is 2. The lowest BCUT2D eigenvalue weighted by Gasteiger charge is -2.15. The van der Waals surface area contributed by atoms with Crippen LogP contribution in [0.2, 0.25) is 0 Å². The Balaban J connectivity index is 2.49. The zero-order chi connectivity index (χ0) is 21.3. The molecule has 0 bridgehead atoms. The van der Waals surface area contributed by atoms with Gasteiger partial charge >= 0.3 is 11.9 Å². The molecule has 0 saturated heterocycles. The first-order chi connectivity index (χ1) is 14.1. The SMILES string of the molecule is CCCCCCCCCC(CC)C(=O)Oc1ccccc1OC(=O)CCCCC. The van der Waals surface area contributed by atoms with Crippen molar-refractivity contribution in [3.8, 4) is 11.5 Å². The molecule has 0 radical (unpaired) electrons. The molecule has 0 saturated carbocycles. The zero-order valence-corrected chi connectivity index (χ0v) is 18.7. The smallest absolute Gasteiger partial charge is 0.314 e. The van der Waals surface area contributed by atoms with Gasteiger partial charge < -0.3 is 9.47 Å². The Bertz CT molecular complexity index is 582. The third kappa shape index (κ3) is 11.1. The van der Waals surface area contributed by atoms with Crippen LogP contribution in [0.4, 0.5) is 0 Å². The van der Waals surface area contributed by atoms with Crippen molar-refractivity contribution >= 4 is 11.9 Å². The molecule has 1 unspecified atom stereocenters. The van der Waals surface area contributed by atoms with E-state index in [1.54, 1.807) is 24.3 Å². The van der Waals surface area contributed by atoms with Crippen LogP contribution in [0.1, 0.15) is 104 Å². The van der Waals surface area contributed by atoms with Crippen molar-refractivity contribution in [1.29, 1.82) is 0 Å². The lowest BCUT2D eigenvalue weighted by molar-refractivity contribution is -0.140. The minimum absolute atomic E-state index is 0.112. The molecular weight excluding hydrogens is 364 g/mol. The zero-order valence-electron chi connectivity index (χ0n) is 18.7. The van der Waals surface area contributed by atoms with Crippen molar-refractivity contribution in [3.63, 3.8) is 0 Å². The highest BCUT2D eigenvalue weighted by atomic mass is 16.6. The van der Waals surface area contributed by atoms with Gasteiger partial charge in [0.2, 0.25) is 0 Å². The minimum atomic E-state index is -0.280. The predicted octanol–water partition coefficient (Wildman–Crippen LogP) is 7.24. The van der Waals surface area contributed by atoms with E-state index in [0.29, 0.717) is 17.9 Å². The lowest BCUT2D eigenvalue weighted by Crippen LogP contribution is -2.20. The Morgan fingerprint density at radius 1 is 0.759 bits per heavy atom. The van der Waals surface area contributed by atoms with Gasteiger partial charge in [-0.1, -0.05) is 90.7 Å². The second-order valence-electron chi connectivity index (χ2n) is 7.81. The number of para-hydroxylation sites is 2. The maximum atomic E-state index is 12.6. The Hall–Kier alpha value is -1.84. The molecule has 0 aliphatic rings. The van der Waals surface area contributed by atoms with Gasteiger partial charge in [0.25, 0.3) is 0 Å². The highest BCUT2D eigenvalue weighted by Crippen LogP contribution is 2.29. The topological polar surface area (TPSA) is 52.6 Å². The summed E-state index contributed by atoms with van der Waals surface area (Å²) in [4.78, 5) is 24.7. The van der Waals surface area contributed by atoms with E-state index in [1.807, 2.05) is 6.92 Å². The molecule has 0 spiro atoms. The molecular formula is C25H40O4. The Morgan fingerprint density at radius 2 is 1.31 bits per heavy atom. The van der Waals surface area contributed by atoms with Crippen molar-refractivity contribution in [1.82, 2.24) is 0 Å². The van der Waals surface area contributed by atoms with Crippen LogP contribution in [0.15, 0.2) is 24.3 Å². The fourth-order valence-electron chi connectivity index (χ4n) is 3.34. The average molecular weight is 405 g/mol. The normalized spacial score (nSPS) is 11.8. The number of unbranched alkanes of at least 4 members (excludes halogenated alkanes) is 8. The molecule has 4 heteroatoms. The number of ether oxygens (including phenoxy) is 2. The van der Waals surface area contributed by atoms with E-state index in [9.17, 15) is 9.59 Å². The average Bonchev–Trinajstić information content (AvgIpc) is 2.71. The van der Waals surface area contributed by atoms with Crippen molar-refractivity contribution in [2.75, 3.05) is 0 Å². The van der Waals surface area contributed by atoms with Crippen molar-refractivity contribution in [3.05, 3.63) is 24.3 Å². The third-order valence-electron chi connectivity index (χ3n) is 5.25. The summed E-state index contributed by atoms with van der Waals surface area (Å²) in [6.07, 6.45) is 13.5. The van der Waals surface area contributed by atoms with Crippen LogP contribution in [0.3, 0.4) is 0 Å². The van der Waals surface area contributed by atoms with Gasteiger partial charge in [0.1, 0.15) is 0 Å². The summed E-state index contributed by atoms with van der Waals surface area (Å²) in [5.41, 5.74) is 0. The summed E-state index contributed by atoms with van der Waals surface area (Å²) in [6.45, 7) is 6.34. The van der Waals surface area contributed by atoms with Gasteiger partial charge in [-0.05, 0) is 31.4 Å². The molecule has 0 aromatic heterocycles. The molecule has 0 heterocycles. The number of carbonyl (C=O) groups is 2. The van der Waals surface area contributed by atoms with Gasteiger partial charge in [-0.2, -0.15) is 0 Å². The van der Waals surface area contributed by atoms with Crippen molar-refractivity contribution in [2.24, 2.45) is 5.92 Å². The fraction of sp³-hybridized carbons (Fsp3) is 0.680. The van der Waals surface area contributed by atoms with E-state index in [1.165, 1.54) is 38.5 Å². The lowest BCUT2D eigenvalue weighted by atomic mass is 9.98. The fourth-order valence-corrected chi connectivity index (χ4v) is 3.34. The predicted molar refractivity (Wildman–Crippen MR) is 118 cm³/mol. The standard InChI is InChI=1S/C25H40O4/c1-4-7-9-10-11-12-14-17-21(6-3)25(27)29-23-19-16-15-18-22(23)28-24(26)20-13-8-5-2/h15-16,18-19,21H,4-14,17,20H2,1-3H3. The van der Waals surface area contributed by atoms with E-state index in [0.717, 1.165) is 38.5 Å². The molecule has 1 aromatic carbocycles. The van der Waals surface area contributed by atoms with E-state index >= 15 is 0 Å². The maximum Gasteiger partial charge on any atom is 0.314 e. The molecule has 29 heavy (non-hydrogen) atoms. The van der Waals surface area contributed by atoms with Crippen molar-refractivity contribution < 1.29 is 19.1 Å². The Labute approximate surface area is 177 Å². The van der Waals surface area contributed by atoms with Crippen LogP contribution in [0, 0.1) is 5.92 Å². The van der Waals surface area contributed by atoms with Gasteiger partial charge in [-0.3, -0.25) is 9.59 Å². The van der Waals surface area contributed by atoms with Crippen LogP contribution < -0.4 is 9.47 Å². The first-order valence-corrected chi connectivity index (χ1v) is 11.6. The molecule has 1 rings (SSSR count). The first-order valence-electron chi connectivity index (χ1n) is 11.6. The largest absolute Gasteiger partial charge is 0.423 e. The van der Waals surface area contributed by atoms with E-state index < -0.39 is 0 Å². The summed E-state index contributed by atoms with van der Waals surface area (Å²) in [5, 5.41) is 0. The summed E-state index contributed by atoms with van der Waals surface area (Å²) < 4.78 is 11.1. The summed E-state index contributed by atoms with van der Waals surface area (Å²) >= 11 is 0. The molecule has 4 nitrogen and oxygen atoms in total. The quantitative estimate of drug-likeness (QED) is 0.165. The maximum absolute atomic E-state index is 12.6. The van der Waals surface area contributed by atoms with Gasteiger partial charge in [0, 0.05) is 6.42 Å². The molecule has 1 atom stereocenters. The van der Waals surface area contributed by atoms with Gasteiger partial charge in [-0.25, -0.2) is 0 Å². The van der Waals surface area contributed by atoms with E-state index in [4.69, 9.17) is 9.47 Å². The van der Waals surface area contributed by atoms with Gasteiger partial charge in [0.15, 0.2) is 11.5 Å². The van der Waals surface area contributed by atoms with Crippen LogP contribution in [0.5, 0.6) is 11.5 Å². The number of rotatable bonds is 16. The minimum Gasteiger partial charge on any atom is -0.423 e. The highest BCUT2D eigenvalue weighted by Gasteiger charge is 2.20. The van der Waals surface area contributed by atoms with Gasteiger partial charge in [0.05, 0.1) is 5.92 Å². The summed E-state index contributed by atoms with van der Waals surface area (Å²) in [7, 11) is 0. The van der Waals surface area contributed by atoms with Crippen LogP contribution in [-0.4, -0.2) is 11.9 Å². The number of hydrogen-bond acceptors (Lipinski definition) is 4. The Morgan fingerprint density at radius 3 is 1.93 bits per heavy atom. The van der Waals surface area contributed by atoms with E-state index in [-0.39, 0.29) is 17.9 Å². The summed E-state index contributed by atoms with van der Waals surface area (Å²) in [6, 6.07) is 6.93. The van der Waals surface area contributed by atoms with Gasteiger partial charge in [-0.15, -0.1) is 0 Å². The molecule has 0 aliphatic heterocycles. The monoisotopic (exact) mass is 404 g/mol. The molecule has 0 aliphatic carbocycles. The number of hydrogen-bond donors (Lipinski definition) is 0. The molecule has 1 aromatic rings. The van der Waals surface area contributed by atoms with Crippen molar-refractivity contribution in [2.45, 2.75) is 104 Å². The molecule has 0 fully saturated rings. The third-order valence-corrected chi connectivity index (χ3v) is 5.25. The van der Waals surface area contributed by atoms with Crippen LogP contribution in [-0.2, 0) is 9.59 Å². The number of esters is 2. The Kier molecular flexibility index (Phi) is 13.9. The molecule has 0 amide bonds. The van der Waals surface area contributed by atoms with E-state index in [2.05, 4.69) is 13.8 Å². The molecule has 0 N–H and O–H groups in total. The van der Waals surface area contributed by atoms with Crippen LogP contribution in [0.25, 0.3) is 0 Å². The summed E-state index contributed by atoms with van der Waals surface area (Å²) in [5.74, 6) is 0.0384. The number of benzene rings is 1. The first kappa shape index (κ1) is 25.2. The van der Waals surface area contributed by atoms with Crippen LogP contribution >= 0.6 is 0 Å². The molecule has 164 valence electrons.